The van der Waals surface area contributed by atoms with Gasteiger partial charge < -0.3 is 9.47 Å². The van der Waals surface area contributed by atoms with Gasteiger partial charge in [-0.05, 0) is 32.9 Å². The van der Waals surface area contributed by atoms with Crippen LogP contribution in [0.25, 0.3) is 0 Å². The summed E-state index contributed by atoms with van der Waals surface area (Å²) in [5.74, 6) is 0. The first-order chi connectivity index (χ1) is 10.8. The molecule has 1 rings (SSSR count). The zero-order chi connectivity index (χ0) is 18.6. The third kappa shape index (κ3) is 7.56. The highest BCUT2D eigenvalue weighted by atomic mass is 32.2. The van der Waals surface area contributed by atoms with E-state index >= 15 is 0 Å². The number of hydrogen-bond donors (Lipinski definition) is 1. The Hall–Kier alpha value is -1.23. The fraction of sp³-hybridized carbons (Fsp3) is 0.714. The molecule has 10 heteroatoms. The molecule has 24 heavy (non-hydrogen) atoms. The van der Waals surface area contributed by atoms with Crippen molar-refractivity contribution >= 4 is 24.1 Å². The van der Waals surface area contributed by atoms with Gasteiger partial charge in [0.1, 0.15) is 12.3 Å². The lowest BCUT2D eigenvalue weighted by Gasteiger charge is -2.18. The fourth-order valence-electron chi connectivity index (χ4n) is 1.63. The van der Waals surface area contributed by atoms with Crippen LogP contribution >= 0.6 is 0 Å². The van der Waals surface area contributed by atoms with Crippen LogP contribution in [0, 0.1) is 0 Å². The van der Waals surface area contributed by atoms with Crippen LogP contribution in [-0.4, -0.2) is 40.4 Å². The number of nitrogens with zero attached hydrogens (tertiary/aromatic N) is 3. The van der Waals surface area contributed by atoms with E-state index in [-0.39, 0.29) is 11.8 Å². The van der Waals surface area contributed by atoms with Crippen molar-refractivity contribution < 1.29 is 18.5 Å². The summed E-state index contributed by atoms with van der Waals surface area (Å²) in [6.45, 7) is 12.5. The van der Waals surface area contributed by atoms with Gasteiger partial charge >= 0.3 is 6.09 Å². The number of carbonyl (C=O) groups excluding carboxylic acids is 1. The Labute approximate surface area is 145 Å². The molecule has 1 atom stereocenters. The molecule has 0 aliphatic carbocycles. The summed E-state index contributed by atoms with van der Waals surface area (Å²) < 4.78 is 28.0. The largest absolute Gasteiger partial charge is 0.443 e. The molecule has 138 valence electrons. The van der Waals surface area contributed by atoms with Crippen molar-refractivity contribution in [3.8, 4) is 0 Å². The monoisotopic (exact) mass is 376 g/mol. The predicted octanol–water partition coefficient (Wildman–Crippen LogP) is 2.83. The summed E-state index contributed by atoms with van der Waals surface area (Å²) in [6, 6.07) is 2.46. The average molecular weight is 377 g/mol. The van der Waals surface area contributed by atoms with Gasteiger partial charge in [-0.25, -0.2) is 18.8 Å². The smallest absolute Gasteiger partial charge is 0.442 e. The standard InChI is InChI=1S/C14H28N4O4SSi/c1-14(2,3)22-13(19)17-23(15,20)12-7-8-16-18(12)11-21-9-10-24(4,5)6/h7-8H,9-11H2,1-6H3,(H2,15,17,19,20). The quantitative estimate of drug-likeness (QED) is 0.606. The van der Waals surface area contributed by atoms with Crippen molar-refractivity contribution in [2.24, 2.45) is 9.50 Å². The minimum atomic E-state index is -3.46. The van der Waals surface area contributed by atoms with E-state index in [2.05, 4.69) is 29.1 Å². The predicted molar refractivity (Wildman–Crippen MR) is 95.6 cm³/mol. The number of ether oxygens (including phenoxy) is 2. The lowest BCUT2D eigenvalue weighted by atomic mass is 10.2. The lowest BCUT2D eigenvalue weighted by molar-refractivity contribution is 0.0606. The number of amides is 1. The summed E-state index contributed by atoms with van der Waals surface area (Å²) in [6.07, 6.45) is 0.469. The maximum Gasteiger partial charge on any atom is 0.443 e. The van der Waals surface area contributed by atoms with Crippen LogP contribution in [0.15, 0.2) is 21.7 Å². The van der Waals surface area contributed by atoms with Crippen molar-refractivity contribution in [2.75, 3.05) is 6.61 Å². The number of carbonyl (C=O) groups is 1. The van der Waals surface area contributed by atoms with Gasteiger partial charge in [-0.3, -0.25) is 0 Å². The average Bonchev–Trinajstić information content (AvgIpc) is 2.79. The maximum absolute atomic E-state index is 12.6. The summed E-state index contributed by atoms with van der Waals surface area (Å²) in [5, 5.41) is 9.88. The topological polar surface area (TPSA) is 109 Å². The van der Waals surface area contributed by atoms with Crippen molar-refractivity contribution in [1.82, 2.24) is 9.78 Å². The Bertz CT molecular complexity index is 682. The molecule has 1 unspecified atom stereocenters. The molecule has 1 aromatic rings. The van der Waals surface area contributed by atoms with E-state index < -0.39 is 29.7 Å². The van der Waals surface area contributed by atoms with Crippen molar-refractivity contribution in [2.45, 2.75) is 63.8 Å². The summed E-state index contributed by atoms with van der Waals surface area (Å²) in [7, 11) is -4.64. The second-order valence-electron chi connectivity index (χ2n) is 7.66. The molecule has 0 radical (unpaired) electrons. The van der Waals surface area contributed by atoms with Gasteiger partial charge in [0, 0.05) is 14.7 Å². The van der Waals surface area contributed by atoms with Crippen molar-refractivity contribution in [3.63, 3.8) is 0 Å². The van der Waals surface area contributed by atoms with Gasteiger partial charge in [-0.2, -0.15) is 5.10 Å². The minimum Gasteiger partial charge on any atom is -0.442 e. The van der Waals surface area contributed by atoms with Crippen LogP contribution in [0.1, 0.15) is 20.8 Å². The highest BCUT2D eigenvalue weighted by Crippen LogP contribution is 2.13. The normalized spacial score (nSPS) is 15.0. The highest BCUT2D eigenvalue weighted by Gasteiger charge is 2.20. The number of nitrogens with two attached hydrogens (primary N) is 1. The molecule has 0 aliphatic heterocycles. The number of hydrogen-bond acceptors (Lipinski definition) is 5. The molecule has 0 bridgehead atoms. The molecule has 0 saturated heterocycles. The Kier molecular flexibility index (Phi) is 6.73. The Morgan fingerprint density at radius 2 is 2.04 bits per heavy atom. The van der Waals surface area contributed by atoms with E-state index in [1.165, 1.54) is 16.9 Å². The number of aromatic nitrogens is 2. The zero-order valence-electron chi connectivity index (χ0n) is 15.2. The van der Waals surface area contributed by atoms with Crippen LogP contribution in [-0.2, 0) is 26.1 Å². The third-order valence-electron chi connectivity index (χ3n) is 2.79. The first-order valence-electron chi connectivity index (χ1n) is 7.68. The Morgan fingerprint density at radius 1 is 1.42 bits per heavy atom. The number of rotatable bonds is 6. The molecule has 1 heterocycles. The van der Waals surface area contributed by atoms with Crippen LogP contribution in [0.4, 0.5) is 4.79 Å². The molecule has 0 saturated carbocycles. The second-order valence-corrected chi connectivity index (χ2v) is 15.0. The molecule has 0 aromatic carbocycles. The summed E-state index contributed by atoms with van der Waals surface area (Å²) >= 11 is 0. The van der Waals surface area contributed by atoms with Crippen LogP contribution in [0.2, 0.25) is 25.7 Å². The van der Waals surface area contributed by atoms with E-state index in [0.29, 0.717) is 6.61 Å². The molecule has 2 N–H and O–H groups in total. The van der Waals surface area contributed by atoms with E-state index in [0.717, 1.165) is 6.04 Å². The van der Waals surface area contributed by atoms with Crippen molar-refractivity contribution in [3.05, 3.63) is 12.3 Å². The van der Waals surface area contributed by atoms with Gasteiger partial charge in [0.2, 0.25) is 0 Å². The lowest BCUT2D eigenvalue weighted by Crippen LogP contribution is -2.25. The SMILES string of the molecule is CC(C)(C)OC(=O)N=S(N)(=O)c1ccnn1COCC[Si](C)(C)C. The van der Waals surface area contributed by atoms with Crippen LogP contribution in [0.3, 0.4) is 0 Å². The minimum absolute atomic E-state index is 0.102. The van der Waals surface area contributed by atoms with E-state index in [1.54, 1.807) is 20.8 Å². The van der Waals surface area contributed by atoms with Gasteiger partial charge in [-0.15, -0.1) is 4.36 Å². The molecule has 1 aromatic heterocycles. The summed E-state index contributed by atoms with van der Waals surface area (Å²) in [4.78, 5) is 11.7. The third-order valence-corrected chi connectivity index (χ3v) is 5.86. The fourth-order valence-corrected chi connectivity index (χ4v) is 3.40. The van der Waals surface area contributed by atoms with Crippen LogP contribution in [0.5, 0.6) is 0 Å². The molecular formula is C14H28N4O4SSi. The molecule has 8 nitrogen and oxygen atoms in total. The zero-order valence-corrected chi connectivity index (χ0v) is 17.1. The molecule has 0 aliphatic rings. The first kappa shape index (κ1) is 20.8. The van der Waals surface area contributed by atoms with E-state index in [1.807, 2.05) is 0 Å². The Balaban J connectivity index is 2.82. The van der Waals surface area contributed by atoms with Crippen molar-refractivity contribution in [1.29, 1.82) is 0 Å². The maximum atomic E-state index is 12.6. The molecular weight excluding hydrogens is 348 g/mol. The van der Waals surface area contributed by atoms with E-state index in [4.69, 9.17) is 14.6 Å². The molecule has 1 amide bonds. The van der Waals surface area contributed by atoms with E-state index in [9.17, 15) is 9.00 Å². The first-order valence-corrected chi connectivity index (χ1v) is 13.0. The van der Waals surface area contributed by atoms with Crippen LogP contribution < -0.4 is 5.14 Å². The van der Waals surface area contributed by atoms with Gasteiger partial charge in [0.15, 0.2) is 14.9 Å². The van der Waals surface area contributed by atoms with Gasteiger partial charge in [-0.1, -0.05) is 19.6 Å². The molecule has 0 spiro atoms. The van der Waals surface area contributed by atoms with Gasteiger partial charge in [0.25, 0.3) is 0 Å². The summed E-state index contributed by atoms with van der Waals surface area (Å²) in [5.41, 5.74) is -0.740. The van der Waals surface area contributed by atoms with Gasteiger partial charge in [0.05, 0.1) is 6.20 Å². The highest BCUT2D eigenvalue weighted by molar-refractivity contribution is 7.91. The Morgan fingerprint density at radius 3 is 2.58 bits per heavy atom. The molecule has 0 fully saturated rings. The second kappa shape index (κ2) is 7.77.